The van der Waals surface area contributed by atoms with Crippen LogP contribution >= 0.6 is 0 Å². The van der Waals surface area contributed by atoms with E-state index in [1.807, 2.05) is 37.3 Å². The van der Waals surface area contributed by atoms with Gasteiger partial charge in [-0.15, -0.1) is 0 Å². The number of allylic oxidation sites excluding steroid dienone is 1. The number of aryl methyl sites for hydroxylation is 1. The largest absolute Gasteiger partial charge is 0.396 e. The van der Waals surface area contributed by atoms with Gasteiger partial charge in [0.25, 0.3) is 0 Å². The molecule has 0 unspecified atom stereocenters. The summed E-state index contributed by atoms with van der Waals surface area (Å²) in [7, 11) is -3.19. The van der Waals surface area contributed by atoms with Gasteiger partial charge >= 0.3 is 0 Å². The van der Waals surface area contributed by atoms with Gasteiger partial charge in [-0.25, -0.2) is 8.42 Å². The first-order chi connectivity index (χ1) is 12.0. The molecule has 3 rings (SSSR count). The van der Waals surface area contributed by atoms with Gasteiger partial charge in [-0.1, -0.05) is 41.6 Å². The van der Waals surface area contributed by atoms with Crippen LogP contribution in [-0.2, 0) is 21.1 Å². The fraction of sp³-hybridized carbons (Fsp3) is 0.250. The Morgan fingerprint density at radius 1 is 1.08 bits per heavy atom. The van der Waals surface area contributed by atoms with Gasteiger partial charge in [0.2, 0.25) is 0 Å². The molecule has 0 N–H and O–H groups in total. The van der Waals surface area contributed by atoms with Crippen LogP contribution in [0.5, 0.6) is 0 Å². The average Bonchev–Trinajstić information content (AvgIpc) is 2.61. The van der Waals surface area contributed by atoms with Gasteiger partial charge in [-0.3, -0.25) is 0 Å². The van der Waals surface area contributed by atoms with Crippen LogP contribution in [0.4, 0.5) is 0 Å². The van der Waals surface area contributed by atoms with Crippen LogP contribution in [0.1, 0.15) is 30.0 Å². The maximum atomic E-state index is 11.6. The van der Waals surface area contributed by atoms with Crippen molar-refractivity contribution in [2.45, 2.75) is 24.7 Å². The van der Waals surface area contributed by atoms with Gasteiger partial charge in [0.05, 0.1) is 10.6 Å². The Morgan fingerprint density at radius 2 is 1.80 bits per heavy atom. The number of hydrogen-bond acceptors (Lipinski definition) is 4. The van der Waals surface area contributed by atoms with Crippen LogP contribution in [0.3, 0.4) is 0 Å². The fourth-order valence-corrected chi connectivity index (χ4v) is 3.55. The number of benzene rings is 2. The number of oxime groups is 1. The minimum atomic E-state index is -3.19. The highest BCUT2D eigenvalue weighted by molar-refractivity contribution is 7.90. The molecule has 2 aromatic rings. The Kier molecular flexibility index (Phi) is 5.04. The highest BCUT2D eigenvalue weighted by Crippen LogP contribution is 2.31. The fourth-order valence-electron chi connectivity index (χ4n) is 2.92. The van der Waals surface area contributed by atoms with Crippen molar-refractivity contribution >= 4 is 27.2 Å². The van der Waals surface area contributed by atoms with E-state index in [4.69, 9.17) is 4.84 Å². The molecule has 130 valence electrons. The van der Waals surface area contributed by atoms with Crippen LogP contribution in [0.2, 0.25) is 0 Å². The number of hydrogen-bond donors (Lipinski definition) is 0. The summed E-state index contributed by atoms with van der Waals surface area (Å²) in [5, 5.41) is 4.29. The maximum Gasteiger partial charge on any atom is 0.175 e. The molecule has 0 radical (unpaired) electrons. The van der Waals surface area contributed by atoms with Gasteiger partial charge in [0.1, 0.15) is 6.61 Å². The Labute approximate surface area is 148 Å². The van der Waals surface area contributed by atoms with Crippen molar-refractivity contribution in [2.24, 2.45) is 5.16 Å². The first kappa shape index (κ1) is 17.4. The van der Waals surface area contributed by atoms with Crippen molar-refractivity contribution < 1.29 is 13.3 Å². The summed E-state index contributed by atoms with van der Waals surface area (Å²) in [6.07, 6.45) is 5.02. The van der Waals surface area contributed by atoms with E-state index in [1.165, 1.54) is 11.8 Å². The molecular weight excluding hydrogens is 334 g/mol. The van der Waals surface area contributed by atoms with Crippen molar-refractivity contribution in [1.82, 2.24) is 0 Å². The molecule has 0 aliphatic heterocycles. The average molecular weight is 355 g/mol. The third kappa shape index (κ3) is 3.99. The molecular formula is C20H21NO3S. The van der Waals surface area contributed by atoms with Gasteiger partial charge in [-0.2, -0.15) is 0 Å². The lowest BCUT2D eigenvalue weighted by Crippen LogP contribution is -2.13. The molecule has 2 aromatic carbocycles. The molecule has 5 heteroatoms. The van der Waals surface area contributed by atoms with Crippen LogP contribution in [0, 0.1) is 0 Å². The topological polar surface area (TPSA) is 55.7 Å². The zero-order valence-corrected chi connectivity index (χ0v) is 15.2. The van der Waals surface area contributed by atoms with E-state index in [0.717, 1.165) is 35.3 Å². The summed E-state index contributed by atoms with van der Waals surface area (Å²) in [6.45, 7) is 2.44. The molecule has 1 aliphatic rings. The normalized spacial score (nSPS) is 17.5. The van der Waals surface area contributed by atoms with Crippen LogP contribution in [0.15, 0.2) is 58.6 Å². The molecule has 0 saturated heterocycles. The third-order valence-electron chi connectivity index (χ3n) is 4.17. The van der Waals surface area contributed by atoms with Gasteiger partial charge in [0.15, 0.2) is 9.84 Å². The first-order valence-corrected chi connectivity index (χ1v) is 10.2. The molecule has 0 bridgehead atoms. The second kappa shape index (κ2) is 7.23. The van der Waals surface area contributed by atoms with Gasteiger partial charge in [-0.05, 0) is 54.7 Å². The van der Waals surface area contributed by atoms with Crippen LogP contribution < -0.4 is 0 Å². The number of sulfone groups is 1. The first-order valence-electron chi connectivity index (χ1n) is 8.28. The molecule has 0 heterocycles. The highest BCUT2D eigenvalue weighted by Gasteiger charge is 2.20. The van der Waals surface area contributed by atoms with Crippen molar-refractivity contribution in [3.8, 4) is 0 Å². The van der Waals surface area contributed by atoms with Crippen molar-refractivity contribution in [2.75, 3.05) is 12.9 Å². The summed E-state index contributed by atoms with van der Waals surface area (Å²) in [6, 6.07) is 15.2. The van der Waals surface area contributed by atoms with Gasteiger partial charge in [0, 0.05) is 11.8 Å². The molecule has 1 aliphatic carbocycles. The van der Waals surface area contributed by atoms with E-state index in [9.17, 15) is 8.42 Å². The molecule has 0 spiro atoms. The van der Waals surface area contributed by atoms with Gasteiger partial charge < -0.3 is 4.84 Å². The summed E-state index contributed by atoms with van der Waals surface area (Å²) >= 11 is 0. The van der Waals surface area contributed by atoms with Crippen LogP contribution in [0.25, 0.3) is 11.6 Å². The van der Waals surface area contributed by atoms with E-state index >= 15 is 0 Å². The minimum absolute atomic E-state index is 0.321. The molecule has 4 nitrogen and oxygen atoms in total. The number of rotatable bonds is 4. The Balaban J connectivity index is 2.05. The maximum absolute atomic E-state index is 11.6. The predicted octanol–water partition coefficient (Wildman–Crippen LogP) is 3.97. The SMILES string of the molecule is CCO/N=C1\CCc2ccccc2\C1=C/c1ccc(S(C)(=O)=O)cc1. The quantitative estimate of drug-likeness (QED) is 0.780. The number of nitrogens with zero attached hydrogens (tertiary/aromatic N) is 1. The van der Waals surface area contributed by atoms with E-state index in [0.29, 0.717) is 11.5 Å². The monoisotopic (exact) mass is 355 g/mol. The lowest BCUT2D eigenvalue weighted by atomic mass is 9.85. The molecule has 0 aromatic heterocycles. The summed E-state index contributed by atoms with van der Waals surface area (Å²) in [5.74, 6) is 0. The zero-order chi connectivity index (χ0) is 17.9. The smallest absolute Gasteiger partial charge is 0.175 e. The molecule has 0 amide bonds. The van der Waals surface area contributed by atoms with Crippen LogP contribution in [-0.4, -0.2) is 27.0 Å². The van der Waals surface area contributed by atoms with Crippen molar-refractivity contribution in [3.63, 3.8) is 0 Å². The van der Waals surface area contributed by atoms with E-state index < -0.39 is 9.84 Å². The van der Waals surface area contributed by atoms with Crippen molar-refractivity contribution in [1.29, 1.82) is 0 Å². The summed E-state index contributed by atoms with van der Waals surface area (Å²) in [5.41, 5.74) is 5.33. The predicted molar refractivity (Wildman–Crippen MR) is 101 cm³/mol. The van der Waals surface area contributed by atoms with E-state index in [-0.39, 0.29) is 0 Å². The molecule has 0 atom stereocenters. The lowest BCUT2D eigenvalue weighted by Gasteiger charge is -2.20. The number of fused-ring (bicyclic) bond motifs is 1. The summed E-state index contributed by atoms with van der Waals surface area (Å²) in [4.78, 5) is 5.61. The second-order valence-corrected chi connectivity index (χ2v) is 8.03. The van der Waals surface area contributed by atoms with E-state index in [2.05, 4.69) is 17.3 Å². The van der Waals surface area contributed by atoms with E-state index in [1.54, 1.807) is 12.1 Å². The highest BCUT2D eigenvalue weighted by atomic mass is 32.2. The zero-order valence-electron chi connectivity index (χ0n) is 14.4. The Hall–Kier alpha value is -2.40. The summed E-state index contributed by atoms with van der Waals surface area (Å²) < 4.78 is 23.2. The Morgan fingerprint density at radius 3 is 2.48 bits per heavy atom. The molecule has 0 saturated carbocycles. The minimum Gasteiger partial charge on any atom is -0.396 e. The standard InChI is InChI=1S/C20H21NO3S/c1-3-24-21-20-13-10-16-6-4-5-7-18(16)19(20)14-15-8-11-17(12-9-15)25(2,22)23/h4-9,11-12,14H,3,10,13H2,1-2H3/b19-14+,21-20+. The molecule has 25 heavy (non-hydrogen) atoms. The lowest BCUT2D eigenvalue weighted by molar-refractivity contribution is 0.158. The second-order valence-electron chi connectivity index (χ2n) is 6.01. The Bertz CT molecular complexity index is 926. The third-order valence-corrected chi connectivity index (χ3v) is 5.30. The van der Waals surface area contributed by atoms with Crippen molar-refractivity contribution in [3.05, 3.63) is 65.2 Å². The molecule has 0 fully saturated rings.